The third kappa shape index (κ3) is 5.32. The van der Waals surface area contributed by atoms with Crippen LogP contribution >= 0.6 is 0 Å². The summed E-state index contributed by atoms with van der Waals surface area (Å²) >= 11 is 0. The Hall–Kier alpha value is -5.25. The van der Waals surface area contributed by atoms with Gasteiger partial charge in [0, 0.05) is 30.4 Å². The lowest BCUT2D eigenvalue weighted by molar-refractivity contribution is -0.137. The Morgan fingerprint density at radius 3 is 2.42 bits per heavy atom. The van der Waals surface area contributed by atoms with Crippen molar-refractivity contribution in [2.45, 2.75) is 18.9 Å². The first-order chi connectivity index (χ1) is 19.3. The van der Waals surface area contributed by atoms with Crippen LogP contribution in [0.15, 0.2) is 108 Å². The molecule has 2 aromatic carbocycles. The molecule has 0 saturated heterocycles. The molecule has 0 fully saturated rings. The fourth-order valence-electron chi connectivity index (χ4n) is 4.75. The second kappa shape index (κ2) is 11.2. The highest BCUT2D eigenvalue weighted by Gasteiger charge is 2.40. The number of amides is 2. The number of hydrogen-bond acceptors (Lipinski definition) is 6. The summed E-state index contributed by atoms with van der Waals surface area (Å²) in [5, 5.41) is 26.1. The Bertz CT molecular complexity index is 1570. The molecule has 1 atom stereocenters. The number of aromatic nitrogens is 1. The Kier molecular flexibility index (Phi) is 7.41. The van der Waals surface area contributed by atoms with Gasteiger partial charge in [0.1, 0.15) is 5.82 Å². The Balaban J connectivity index is 1.71. The minimum absolute atomic E-state index is 0.0627. The van der Waals surface area contributed by atoms with Crippen LogP contribution in [0.5, 0.6) is 0 Å². The topological polar surface area (TPSA) is 132 Å². The average Bonchev–Trinajstić information content (AvgIpc) is 2.94. The summed E-state index contributed by atoms with van der Waals surface area (Å²) < 4.78 is 14.4. The fourth-order valence-corrected chi connectivity index (χ4v) is 4.75. The largest absolute Gasteiger partial charge is 0.505 e. The van der Waals surface area contributed by atoms with E-state index in [1.807, 2.05) is 36.4 Å². The van der Waals surface area contributed by atoms with Gasteiger partial charge in [-0.15, -0.1) is 0 Å². The first kappa shape index (κ1) is 26.4. The number of benzene rings is 2. The molecule has 5 rings (SSSR count). The van der Waals surface area contributed by atoms with Gasteiger partial charge in [-0.25, -0.2) is 4.39 Å². The third-order valence-electron chi connectivity index (χ3n) is 6.55. The SMILES string of the molecule is O=C(O)CCNC(=O)C1=C(O)C2=CC(c3ccccc3)C(=O)NC2=C(c2cncc(F)c2)N1Cc1ccccc1. The number of carbonyl (C=O) groups is 3. The van der Waals surface area contributed by atoms with E-state index < -0.39 is 29.4 Å². The van der Waals surface area contributed by atoms with E-state index in [0.717, 1.165) is 11.8 Å². The van der Waals surface area contributed by atoms with Gasteiger partial charge in [0.05, 0.1) is 29.9 Å². The Labute approximate surface area is 229 Å². The van der Waals surface area contributed by atoms with Crippen LogP contribution in [0.1, 0.15) is 29.0 Å². The van der Waals surface area contributed by atoms with Crippen molar-refractivity contribution in [3.63, 3.8) is 0 Å². The number of aliphatic hydroxyl groups excluding tert-OH is 1. The van der Waals surface area contributed by atoms with Gasteiger partial charge >= 0.3 is 5.97 Å². The zero-order chi connectivity index (χ0) is 28.2. The summed E-state index contributed by atoms with van der Waals surface area (Å²) in [4.78, 5) is 43.4. The lowest BCUT2D eigenvalue weighted by Crippen LogP contribution is -2.43. The number of carboxylic acid groups (broad SMARTS) is 1. The number of fused-ring (bicyclic) bond motifs is 1. The number of nitrogens with one attached hydrogen (secondary N) is 2. The monoisotopic (exact) mass is 540 g/mol. The average molecular weight is 541 g/mol. The van der Waals surface area contributed by atoms with Crippen molar-refractivity contribution in [2.75, 3.05) is 6.54 Å². The maximum atomic E-state index is 14.4. The molecule has 2 aliphatic rings. The summed E-state index contributed by atoms with van der Waals surface area (Å²) in [5.41, 5.74) is 2.14. The van der Waals surface area contributed by atoms with E-state index in [0.29, 0.717) is 5.56 Å². The third-order valence-corrected chi connectivity index (χ3v) is 6.55. The second-order valence-corrected chi connectivity index (χ2v) is 9.24. The first-order valence-corrected chi connectivity index (χ1v) is 12.5. The van der Waals surface area contributed by atoms with Crippen molar-refractivity contribution in [3.8, 4) is 0 Å². The predicted octanol–water partition coefficient (Wildman–Crippen LogP) is 3.61. The molecule has 0 saturated carbocycles. The van der Waals surface area contributed by atoms with Gasteiger partial charge in [-0.05, 0) is 17.2 Å². The Morgan fingerprint density at radius 2 is 1.75 bits per heavy atom. The van der Waals surface area contributed by atoms with Gasteiger partial charge in [-0.1, -0.05) is 66.7 Å². The maximum absolute atomic E-state index is 14.4. The van der Waals surface area contributed by atoms with Crippen molar-refractivity contribution in [1.29, 1.82) is 0 Å². The van der Waals surface area contributed by atoms with Gasteiger partial charge in [-0.2, -0.15) is 0 Å². The van der Waals surface area contributed by atoms with E-state index in [9.17, 15) is 23.9 Å². The van der Waals surface area contributed by atoms with Crippen molar-refractivity contribution in [3.05, 3.63) is 130 Å². The van der Waals surface area contributed by atoms with Crippen molar-refractivity contribution >= 4 is 23.5 Å². The molecule has 0 aliphatic carbocycles. The van der Waals surface area contributed by atoms with Crippen LogP contribution in [-0.4, -0.2) is 44.4 Å². The molecule has 202 valence electrons. The number of nitrogens with zero attached hydrogens (tertiary/aromatic N) is 2. The molecular weight excluding hydrogens is 515 g/mol. The number of aliphatic hydroxyl groups is 1. The minimum atomic E-state index is -1.10. The summed E-state index contributed by atoms with van der Waals surface area (Å²) in [6.07, 6.45) is 3.68. The quantitative estimate of drug-likeness (QED) is 0.343. The molecule has 9 nitrogen and oxygen atoms in total. The van der Waals surface area contributed by atoms with Crippen LogP contribution in [0.2, 0.25) is 0 Å². The number of carboxylic acids is 1. The lowest BCUT2D eigenvalue weighted by atomic mass is 9.86. The predicted molar refractivity (Wildman–Crippen MR) is 143 cm³/mol. The molecule has 1 unspecified atom stereocenters. The van der Waals surface area contributed by atoms with Crippen LogP contribution in [-0.2, 0) is 20.9 Å². The zero-order valence-corrected chi connectivity index (χ0v) is 21.2. The van der Waals surface area contributed by atoms with E-state index in [-0.39, 0.29) is 53.6 Å². The summed E-state index contributed by atoms with van der Waals surface area (Å²) in [5.74, 6) is -4.01. The standard InChI is InChI=1S/C30H25FN4O5/c31-21-13-20(15-32-16-21)26-25-23(14-22(29(39)34-25)19-9-5-2-6-10-19)28(38)27(30(40)33-12-11-24(36)37)35(26)17-18-7-3-1-4-8-18/h1-10,13-16,22,38H,11-12,17H2,(H,33,40)(H,34,39)(H,36,37). The van der Waals surface area contributed by atoms with Crippen molar-refractivity contribution < 1.29 is 29.0 Å². The molecule has 3 aromatic rings. The first-order valence-electron chi connectivity index (χ1n) is 12.5. The smallest absolute Gasteiger partial charge is 0.305 e. The second-order valence-electron chi connectivity index (χ2n) is 9.24. The number of aliphatic carboxylic acids is 1. The van der Waals surface area contributed by atoms with E-state index >= 15 is 0 Å². The molecule has 0 spiro atoms. The van der Waals surface area contributed by atoms with Gasteiger partial charge in [-0.3, -0.25) is 19.4 Å². The van der Waals surface area contributed by atoms with Crippen molar-refractivity contribution in [2.24, 2.45) is 0 Å². The number of halogens is 1. The number of carbonyl (C=O) groups excluding carboxylic acids is 2. The molecule has 4 N–H and O–H groups in total. The van der Waals surface area contributed by atoms with Gasteiger partial charge < -0.3 is 25.7 Å². The molecule has 0 bridgehead atoms. The van der Waals surface area contributed by atoms with E-state index in [4.69, 9.17) is 5.11 Å². The maximum Gasteiger partial charge on any atom is 0.305 e. The number of hydrogen-bond donors (Lipinski definition) is 4. The molecule has 2 amide bonds. The minimum Gasteiger partial charge on any atom is -0.505 e. The lowest BCUT2D eigenvalue weighted by Gasteiger charge is -2.38. The van der Waals surface area contributed by atoms with Crippen LogP contribution in [0, 0.1) is 5.82 Å². The van der Waals surface area contributed by atoms with Crippen LogP contribution in [0.4, 0.5) is 4.39 Å². The summed E-state index contributed by atoms with van der Waals surface area (Å²) in [7, 11) is 0. The van der Waals surface area contributed by atoms with E-state index in [1.54, 1.807) is 30.3 Å². The molecule has 1 aromatic heterocycles. The van der Waals surface area contributed by atoms with Gasteiger partial charge in [0.25, 0.3) is 5.91 Å². The summed E-state index contributed by atoms with van der Waals surface area (Å²) in [6.45, 7) is -0.118. The molecular formula is C30H25FN4O5. The molecule has 0 radical (unpaired) electrons. The summed E-state index contributed by atoms with van der Waals surface area (Å²) in [6, 6.07) is 19.3. The fraction of sp³-hybridized carbons (Fsp3) is 0.133. The molecule has 2 aliphatic heterocycles. The highest BCUT2D eigenvalue weighted by Crippen LogP contribution is 2.42. The number of pyridine rings is 1. The Morgan fingerprint density at radius 1 is 1.05 bits per heavy atom. The van der Waals surface area contributed by atoms with Crippen LogP contribution in [0.3, 0.4) is 0 Å². The molecule has 40 heavy (non-hydrogen) atoms. The highest BCUT2D eigenvalue weighted by atomic mass is 19.1. The van der Waals surface area contributed by atoms with E-state index in [1.165, 1.54) is 17.2 Å². The molecule has 3 heterocycles. The zero-order valence-electron chi connectivity index (χ0n) is 21.2. The van der Waals surface area contributed by atoms with Crippen LogP contribution in [0.25, 0.3) is 5.70 Å². The molecule has 10 heteroatoms. The van der Waals surface area contributed by atoms with Crippen LogP contribution < -0.4 is 10.6 Å². The van der Waals surface area contributed by atoms with E-state index in [2.05, 4.69) is 15.6 Å². The number of rotatable bonds is 8. The normalized spacial score (nSPS) is 16.7. The van der Waals surface area contributed by atoms with Gasteiger partial charge in [0.2, 0.25) is 5.91 Å². The van der Waals surface area contributed by atoms with Crippen molar-refractivity contribution in [1.82, 2.24) is 20.5 Å². The van der Waals surface area contributed by atoms with Gasteiger partial charge in [0.15, 0.2) is 11.5 Å². The highest BCUT2D eigenvalue weighted by molar-refractivity contribution is 6.01.